The van der Waals surface area contributed by atoms with Crippen molar-refractivity contribution in [3.63, 3.8) is 0 Å². The molecule has 2 heteroatoms. The summed E-state index contributed by atoms with van der Waals surface area (Å²) in [4.78, 5) is 2.35. The molecule has 0 amide bonds. The molecule has 1 heterocycles. The van der Waals surface area contributed by atoms with Gasteiger partial charge in [0, 0.05) is 4.47 Å². The topological polar surface area (TPSA) is 3.24 Å². The standard InChI is InChI=1S/C16H18BrN/c1-2-11-18-12-9-15(10-13-18)4-3-14-5-7-16(17)8-6-14/h1,3-8,15H,9-13H2/b4-3+. The number of allylic oxidation sites excluding steroid dienone is 1. The van der Waals surface area contributed by atoms with Crippen molar-refractivity contribution >= 4 is 22.0 Å². The molecule has 0 saturated carbocycles. The highest BCUT2D eigenvalue weighted by molar-refractivity contribution is 9.10. The molecule has 0 unspecified atom stereocenters. The third kappa shape index (κ3) is 4.01. The van der Waals surface area contributed by atoms with E-state index in [1.807, 2.05) is 0 Å². The van der Waals surface area contributed by atoms with E-state index in [1.165, 1.54) is 18.4 Å². The highest BCUT2D eigenvalue weighted by atomic mass is 79.9. The van der Waals surface area contributed by atoms with Crippen molar-refractivity contribution < 1.29 is 0 Å². The second-order valence-corrected chi connectivity index (χ2v) is 5.64. The lowest BCUT2D eigenvalue weighted by Gasteiger charge is -2.28. The molecule has 0 radical (unpaired) electrons. The zero-order chi connectivity index (χ0) is 12.8. The molecule has 1 nitrogen and oxygen atoms in total. The first-order valence-electron chi connectivity index (χ1n) is 6.37. The number of piperidine rings is 1. The molecule has 18 heavy (non-hydrogen) atoms. The average Bonchev–Trinajstić information content (AvgIpc) is 2.40. The van der Waals surface area contributed by atoms with Gasteiger partial charge in [-0.15, -0.1) is 6.42 Å². The van der Waals surface area contributed by atoms with E-state index in [4.69, 9.17) is 6.42 Å². The molecule has 2 rings (SSSR count). The molecule has 0 aliphatic carbocycles. The number of hydrogen-bond donors (Lipinski definition) is 0. The Morgan fingerprint density at radius 3 is 2.56 bits per heavy atom. The number of nitrogens with zero attached hydrogens (tertiary/aromatic N) is 1. The van der Waals surface area contributed by atoms with E-state index in [-0.39, 0.29) is 0 Å². The molecular weight excluding hydrogens is 286 g/mol. The summed E-state index contributed by atoms with van der Waals surface area (Å²) in [5.41, 5.74) is 1.27. The maximum atomic E-state index is 5.33. The largest absolute Gasteiger partial charge is 0.292 e. The minimum Gasteiger partial charge on any atom is -0.292 e. The predicted octanol–water partition coefficient (Wildman–Crippen LogP) is 3.81. The van der Waals surface area contributed by atoms with Crippen molar-refractivity contribution in [1.29, 1.82) is 0 Å². The smallest absolute Gasteiger partial charge is 0.0598 e. The lowest BCUT2D eigenvalue weighted by Crippen LogP contribution is -2.33. The van der Waals surface area contributed by atoms with Crippen LogP contribution in [0.4, 0.5) is 0 Å². The van der Waals surface area contributed by atoms with Crippen LogP contribution in [0.5, 0.6) is 0 Å². The van der Waals surface area contributed by atoms with Gasteiger partial charge in [-0.2, -0.15) is 0 Å². The van der Waals surface area contributed by atoms with E-state index in [9.17, 15) is 0 Å². The summed E-state index contributed by atoms with van der Waals surface area (Å²) in [5.74, 6) is 3.42. The zero-order valence-corrected chi connectivity index (χ0v) is 12.1. The van der Waals surface area contributed by atoms with E-state index in [1.54, 1.807) is 0 Å². The molecule has 1 aromatic carbocycles. The summed E-state index contributed by atoms with van der Waals surface area (Å²) in [6.07, 6.45) is 12.3. The molecule has 0 N–H and O–H groups in total. The molecule has 0 atom stereocenters. The summed E-state index contributed by atoms with van der Waals surface area (Å²) in [6, 6.07) is 8.42. The van der Waals surface area contributed by atoms with Crippen LogP contribution < -0.4 is 0 Å². The Balaban J connectivity index is 1.84. The molecule has 0 aromatic heterocycles. The highest BCUT2D eigenvalue weighted by Gasteiger charge is 2.15. The number of terminal acetylenes is 1. The number of hydrogen-bond acceptors (Lipinski definition) is 1. The number of halogens is 1. The number of benzene rings is 1. The fraction of sp³-hybridized carbons (Fsp3) is 0.375. The third-order valence-corrected chi connectivity index (χ3v) is 3.91. The minimum atomic E-state index is 0.697. The van der Waals surface area contributed by atoms with Crippen LogP contribution in [0.3, 0.4) is 0 Å². The molecular formula is C16H18BrN. The van der Waals surface area contributed by atoms with Crippen LogP contribution in [0.15, 0.2) is 34.8 Å². The lowest BCUT2D eigenvalue weighted by atomic mass is 9.95. The Morgan fingerprint density at radius 2 is 1.94 bits per heavy atom. The summed E-state index contributed by atoms with van der Waals surface area (Å²) in [6.45, 7) is 3.04. The van der Waals surface area contributed by atoms with Gasteiger partial charge in [0.2, 0.25) is 0 Å². The quantitative estimate of drug-likeness (QED) is 0.768. The second kappa shape index (κ2) is 6.78. The average molecular weight is 304 g/mol. The zero-order valence-electron chi connectivity index (χ0n) is 10.5. The van der Waals surface area contributed by atoms with Crippen molar-refractivity contribution in [1.82, 2.24) is 4.90 Å². The van der Waals surface area contributed by atoms with Gasteiger partial charge in [0.1, 0.15) is 0 Å². The Morgan fingerprint density at radius 1 is 1.28 bits per heavy atom. The van der Waals surface area contributed by atoms with Crippen LogP contribution >= 0.6 is 15.9 Å². The lowest BCUT2D eigenvalue weighted by molar-refractivity contribution is 0.226. The summed E-state index contributed by atoms with van der Waals surface area (Å²) in [5, 5.41) is 0. The molecule has 1 aliphatic rings. The third-order valence-electron chi connectivity index (χ3n) is 3.38. The minimum absolute atomic E-state index is 0.697. The van der Waals surface area contributed by atoms with Gasteiger partial charge in [-0.3, -0.25) is 4.90 Å². The van der Waals surface area contributed by atoms with Gasteiger partial charge >= 0.3 is 0 Å². The van der Waals surface area contributed by atoms with Gasteiger partial charge < -0.3 is 0 Å². The number of rotatable bonds is 3. The van der Waals surface area contributed by atoms with Crippen LogP contribution in [-0.2, 0) is 0 Å². The van der Waals surface area contributed by atoms with E-state index in [0.717, 1.165) is 24.1 Å². The molecule has 1 saturated heterocycles. The summed E-state index contributed by atoms with van der Waals surface area (Å²) < 4.78 is 1.13. The van der Waals surface area contributed by atoms with Crippen LogP contribution in [0, 0.1) is 18.3 Å². The van der Waals surface area contributed by atoms with E-state index in [2.05, 4.69) is 63.2 Å². The van der Waals surface area contributed by atoms with E-state index in [0.29, 0.717) is 5.92 Å². The fourth-order valence-corrected chi connectivity index (χ4v) is 2.52. The van der Waals surface area contributed by atoms with Gasteiger partial charge in [0.05, 0.1) is 6.54 Å². The Hall–Kier alpha value is -1.04. The van der Waals surface area contributed by atoms with Crippen molar-refractivity contribution in [2.24, 2.45) is 5.92 Å². The van der Waals surface area contributed by atoms with Gasteiger partial charge in [-0.1, -0.05) is 46.1 Å². The predicted molar refractivity (Wildman–Crippen MR) is 81.2 cm³/mol. The SMILES string of the molecule is C#CCN1CCC(/C=C/c2ccc(Br)cc2)CC1. The summed E-state index contributed by atoms with van der Waals surface area (Å²) >= 11 is 3.45. The Bertz CT molecular complexity index is 433. The maximum absolute atomic E-state index is 5.33. The maximum Gasteiger partial charge on any atom is 0.0598 e. The van der Waals surface area contributed by atoms with E-state index >= 15 is 0 Å². The van der Waals surface area contributed by atoms with Crippen molar-refractivity contribution in [2.75, 3.05) is 19.6 Å². The van der Waals surface area contributed by atoms with Gasteiger partial charge in [0.25, 0.3) is 0 Å². The Labute approximate surface area is 118 Å². The molecule has 94 valence electrons. The molecule has 1 fully saturated rings. The second-order valence-electron chi connectivity index (χ2n) is 4.73. The molecule has 0 spiro atoms. The number of likely N-dealkylation sites (tertiary alicyclic amines) is 1. The molecule has 0 bridgehead atoms. The van der Waals surface area contributed by atoms with Gasteiger partial charge in [0.15, 0.2) is 0 Å². The van der Waals surface area contributed by atoms with Crippen LogP contribution in [0.1, 0.15) is 18.4 Å². The van der Waals surface area contributed by atoms with Crippen LogP contribution in [0.2, 0.25) is 0 Å². The Kier molecular flexibility index (Phi) is 5.04. The molecule has 1 aromatic rings. The normalized spacial score (nSPS) is 18.0. The molecule has 1 aliphatic heterocycles. The first kappa shape index (κ1) is 13.4. The van der Waals surface area contributed by atoms with Crippen molar-refractivity contribution in [3.05, 3.63) is 40.4 Å². The van der Waals surface area contributed by atoms with E-state index < -0.39 is 0 Å². The highest BCUT2D eigenvalue weighted by Crippen LogP contribution is 2.20. The summed E-state index contributed by atoms with van der Waals surface area (Å²) in [7, 11) is 0. The van der Waals surface area contributed by atoms with Crippen molar-refractivity contribution in [2.45, 2.75) is 12.8 Å². The first-order valence-corrected chi connectivity index (χ1v) is 7.17. The van der Waals surface area contributed by atoms with Gasteiger partial charge in [-0.05, 0) is 49.5 Å². The van der Waals surface area contributed by atoms with Gasteiger partial charge in [-0.25, -0.2) is 0 Å². The first-order chi connectivity index (χ1) is 8.78. The van der Waals surface area contributed by atoms with Crippen molar-refractivity contribution in [3.8, 4) is 12.3 Å². The van der Waals surface area contributed by atoms with Crippen LogP contribution in [-0.4, -0.2) is 24.5 Å². The van der Waals surface area contributed by atoms with Crippen LogP contribution in [0.25, 0.3) is 6.08 Å². The fourth-order valence-electron chi connectivity index (χ4n) is 2.25. The monoisotopic (exact) mass is 303 g/mol.